The van der Waals surface area contributed by atoms with E-state index in [0.717, 1.165) is 11.3 Å². The summed E-state index contributed by atoms with van der Waals surface area (Å²) in [5, 5.41) is 8.92. The average molecular weight is 297 g/mol. The molecule has 0 radical (unpaired) electrons. The summed E-state index contributed by atoms with van der Waals surface area (Å²) < 4.78 is 5.59. The van der Waals surface area contributed by atoms with Gasteiger partial charge < -0.3 is 14.7 Å². The number of carboxylic acid groups (broad SMARTS) is 1. The van der Waals surface area contributed by atoms with Crippen LogP contribution < -0.4 is 9.64 Å². The van der Waals surface area contributed by atoms with Gasteiger partial charge in [0.1, 0.15) is 5.75 Å². The van der Waals surface area contributed by atoms with Gasteiger partial charge in [0.25, 0.3) is 5.91 Å². The fourth-order valence-electron chi connectivity index (χ4n) is 2.46. The summed E-state index contributed by atoms with van der Waals surface area (Å²) in [6.07, 6.45) is -0.534. The number of hydrogen-bond donors (Lipinski definition) is 1. The lowest BCUT2D eigenvalue weighted by atomic mass is 10.1. The van der Waals surface area contributed by atoms with E-state index in [-0.39, 0.29) is 11.5 Å². The fraction of sp³-hybridized carbons (Fsp3) is 0.176. The minimum atomic E-state index is -0.965. The van der Waals surface area contributed by atoms with E-state index in [1.54, 1.807) is 24.0 Å². The highest BCUT2D eigenvalue weighted by molar-refractivity contribution is 5.99. The van der Waals surface area contributed by atoms with E-state index in [2.05, 4.69) is 0 Å². The Hall–Kier alpha value is -2.82. The third kappa shape index (κ3) is 2.53. The first kappa shape index (κ1) is 14.1. The second kappa shape index (κ2) is 5.52. The lowest BCUT2D eigenvalue weighted by Crippen LogP contribution is -2.43. The number of amides is 1. The van der Waals surface area contributed by atoms with E-state index in [1.807, 2.05) is 24.3 Å². The summed E-state index contributed by atoms with van der Waals surface area (Å²) in [6, 6.07) is 13.9. The van der Waals surface area contributed by atoms with Crippen molar-refractivity contribution in [1.82, 2.24) is 0 Å². The maximum Gasteiger partial charge on any atom is 0.335 e. The van der Waals surface area contributed by atoms with E-state index in [9.17, 15) is 9.59 Å². The number of aromatic carboxylic acids is 1. The third-order valence-corrected chi connectivity index (χ3v) is 3.62. The number of carbonyl (C=O) groups is 2. The van der Waals surface area contributed by atoms with Crippen LogP contribution in [0.1, 0.15) is 22.8 Å². The van der Waals surface area contributed by atoms with Gasteiger partial charge in [-0.1, -0.05) is 24.3 Å². The number of hydrogen-bond acceptors (Lipinski definition) is 3. The molecule has 2 aromatic rings. The molecule has 22 heavy (non-hydrogen) atoms. The maximum atomic E-state index is 12.4. The molecule has 0 saturated carbocycles. The van der Waals surface area contributed by atoms with Gasteiger partial charge in [-0.25, -0.2) is 4.79 Å². The molecule has 1 N–H and O–H groups in total. The second-order valence-corrected chi connectivity index (χ2v) is 5.15. The number of anilines is 1. The van der Waals surface area contributed by atoms with Crippen LogP contribution in [0.3, 0.4) is 0 Å². The van der Waals surface area contributed by atoms with Gasteiger partial charge in [-0.2, -0.15) is 0 Å². The number of para-hydroxylation sites is 2. The van der Waals surface area contributed by atoms with Crippen LogP contribution in [0.15, 0.2) is 48.5 Å². The van der Waals surface area contributed by atoms with Gasteiger partial charge in [0.05, 0.1) is 17.8 Å². The molecule has 1 amide bonds. The molecule has 1 aliphatic heterocycles. The molecule has 5 nitrogen and oxygen atoms in total. The smallest absolute Gasteiger partial charge is 0.335 e. The first-order valence-corrected chi connectivity index (χ1v) is 6.95. The number of benzene rings is 2. The number of carbonyl (C=O) groups excluding carboxylic acids is 1. The molecular weight excluding hydrogens is 282 g/mol. The zero-order chi connectivity index (χ0) is 15.7. The summed E-state index contributed by atoms with van der Waals surface area (Å²) in [6.45, 7) is 2.10. The molecule has 1 atom stereocenters. The van der Waals surface area contributed by atoms with Crippen LogP contribution in [0.5, 0.6) is 5.75 Å². The zero-order valence-electron chi connectivity index (χ0n) is 12.0. The molecule has 0 bridgehead atoms. The number of fused-ring (bicyclic) bond motifs is 1. The van der Waals surface area contributed by atoms with Crippen molar-refractivity contribution in [2.24, 2.45) is 0 Å². The van der Waals surface area contributed by atoms with Crippen LogP contribution in [0.2, 0.25) is 0 Å². The summed E-state index contributed by atoms with van der Waals surface area (Å²) >= 11 is 0. The highest BCUT2D eigenvalue weighted by Crippen LogP contribution is 2.34. The summed E-state index contributed by atoms with van der Waals surface area (Å²) in [5.74, 6) is -0.397. The number of rotatable bonds is 3. The van der Waals surface area contributed by atoms with Gasteiger partial charge in [-0.15, -0.1) is 0 Å². The highest BCUT2D eigenvalue weighted by atomic mass is 16.5. The Kier molecular flexibility index (Phi) is 3.55. The van der Waals surface area contributed by atoms with Crippen LogP contribution in [-0.4, -0.2) is 23.1 Å². The van der Waals surface area contributed by atoms with Gasteiger partial charge in [0, 0.05) is 0 Å². The Balaban J connectivity index is 1.90. The Morgan fingerprint density at radius 1 is 1.18 bits per heavy atom. The molecule has 1 heterocycles. The number of nitrogens with zero attached hydrogens (tertiary/aromatic N) is 1. The molecule has 1 aliphatic rings. The van der Waals surface area contributed by atoms with Gasteiger partial charge >= 0.3 is 5.97 Å². The Bertz CT molecular complexity index is 724. The van der Waals surface area contributed by atoms with Crippen LogP contribution in [0.4, 0.5) is 5.69 Å². The standard InChI is InChI=1S/C17H15NO4/c1-11-16(19)18(14-4-2-3-5-15(14)22-11)10-12-6-8-13(9-7-12)17(20)21/h2-9,11H,10H2,1H3,(H,20,21)/t11-/m1/s1. The van der Waals surface area contributed by atoms with Crippen LogP contribution in [0, 0.1) is 0 Å². The van der Waals surface area contributed by atoms with E-state index in [1.165, 1.54) is 12.1 Å². The zero-order valence-corrected chi connectivity index (χ0v) is 12.0. The Morgan fingerprint density at radius 3 is 2.55 bits per heavy atom. The molecule has 0 aliphatic carbocycles. The minimum Gasteiger partial charge on any atom is -0.479 e. The number of ether oxygens (including phenoxy) is 1. The largest absolute Gasteiger partial charge is 0.479 e. The fourth-order valence-corrected chi connectivity index (χ4v) is 2.46. The molecule has 3 rings (SSSR count). The molecular formula is C17H15NO4. The molecule has 0 spiro atoms. The predicted octanol–water partition coefficient (Wildman–Crippen LogP) is 2.70. The van der Waals surface area contributed by atoms with Crippen LogP contribution >= 0.6 is 0 Å². The quantitative estimate of drug-likeness (QED) is 0.946. The monoisotopic (exact) mass is 297 g/mol. The normalized spacial score (nSPS) is 16.9. The highest BCUT2D eigenvalue weighted by Gasteiger charge is 2.31. The van der Waals surface area contributed by atoms with Gasteiger partial charge in [-0.3, -0.25) is 4.79 Å². The van der Waals surface area contributed by atoms with Gasteiger partial charge in [-0.05, 0) is 36.8 Å². The molecule has 5 heteroatoms. The SMILES string of the molecule is C[C@H]1Oc2ccccc2N(Cc2ccc(C(=O)O)cc2)C1=O. The maximum absolute atomic E-state index is 12.4. The van der Waals surface area contributed by atoms with Crippen molar-refractivity contribution in [3.8, 4) is 5.75 Å². The van der Waals surface area contributed by atoms with Crippen molar-refractivity contribution < 1.29 is 19.4 Å². The van der Waals surface area contributed by atoms with Gasteiger partial charge in [0.2, 0.25) is 0 Å². The van der Waals surface area contributed by atoms with Crippen molar-refractivity contribution in [3.63, 3.8) is 0 Å². The number of carboxylic acids is 1. The third-order valence-electron chi connectivity index (χ3n) is 3.62. The Labute approximate surface area is 127 Å². The summed E-state index contributed by atoms with van der Waals surface area (Å²) in [4.78, 5) is 24.9. The van der Waals surface area contributed by atoms with Crippen molar-refractivity contribution >= 4 is 17.6 Å². The molecule has 112 valence electrons. The topological polar surface area (TPSA) is 66.8 Å². The first-order valence-electron chi connectivity index (χ1n) is 6.95. The molecule has 0 aromatic heterocycles. The second-order valence-electron chi connectivity index (χ2n) is 5.15. The van der Waals surface area contributed by atoms with E-state index < -0.39 is 12.1 Å². The molecule has 0 unspecified atom stereocenters. The summed E-state index contributed by atoms with van der Waals surface area (Å²) in [7, 11) is 0. The van der Waals surface area contributed by atoms with Crippen LogP contribution in [-0.2, 0) is 11.3 Å². The van der Waals surface area contributed by atoms with E-state index in [4.69, 9.17) is 9.84 Å². The lowest BCUT2D eigenvalue weighted by Gasteiger charge is -2.33. The van der Waals surface area contributed by atoms with Crippen molar-refractivity contribution in [1.29, 1.82) is 0 Å². The van der Waals surface area contributed by atoms with Gasteiger partial charge in [0.15, 0.2) is 6.10 Å². The predicted molar refractivity (Wildman–Crippen MR) is 81.1 cm³/mol. The molecule has 2 aromatic carbocycles. The van der Waals surface area contributed by atoms with Crippen LogP contribution in [0.25, 0.3) is 0 Å². The Morgan fingerprint density at radius 2 is 1.86 bits per heavy atom. The average Bonchev–Trinajstić information content (AvgIpc) is 2.52. The van der Waals surface area contributed by atoms with E-state index in [0.29, 0.717) is 12.3 Å². The molecule has 0 fully saturated rings. The van der Waals surface area contributed by atoms with E-state index >= 15 is 0 Å². The lowest BCUT2D eigenvalue weighted by molar-refractivity contribution is -0.125. The van der Waals surface area contributed by atoms with Crippen molar-refractivity contribution in [2.45, 2.75) is 19.6 Å². The van der Waals surface area contributed by atoms with Crippen molar-refractivity contribution in [2.75, 3.05) is 4.90 Å². The molecule has 0 saturated heterocycles. The minimum absolute atomic E-state index is 0.110. The van der Waals surface area contributed by atoms with Crippen molar-refractivity contribution in [3.05, 3.63) is 59.7 Å². The summed E-state index contributed by atoms with van der Waals surface area (Å²) in [5.41, 5.74) is 1.82. The first-order chi connectivity index (χ1) is 10.6.